The lowest BCUT2D eigenvalue weighted by Gasteiger charge is -2.07. The summed E-state index contributed by atoms with van der Waals surface area (Å²) in [7, 11) is 1.59. The molecule has 0 unspecified atom stereocenters. The van der Waals surface area contributed by atoms with Gasteiger partial charge in [0.1, 0.15) is 5.75 Å². The molecular formula is C20H17N3O4S. The van der Waals surface area contributed by atoms with Crippen molar-refractivity contribution in [2.75, 3.05) is 12.4 Å². The van der Waals surface area contributed by atoms with E-state index in [1.54, 1.807) is 30.8 Å². The van der Waals surface area contributed by atoms with E-state index in [1.165, 1.54) is 29.7 Å². The molecule has 7 nitrogen and oxygen atoms in total. The number of benzene rings is 1. The van der Waals surface area contributed by atoms with Crippen LogP contribution in [0.4, 0.5) is 5.13 Å². The third-order valence-corrected chi connectivity index (χ3v) is 4.32. The molecule has 8 heteroatoms. The van der Waals surface area contributed by atoms with Gasteiger partial charge in [0.25, 0.3) is 5.91 Å². The van der Waals surface area contributed by atoms with E-state index in [2.05, 4.69) is 15.3 Å². The molecule has 2 aromatic heterocycles. The zero-order valence-corrected chi connectivity index (χ0v) is 15.8. The first-order valence-corrected chi connectivity index (χ1v) is 9.21. The average molecular weight is 395 g/mol. The van der Waals surface area contributed by atoms with Crippen molar-refractivity contribution in [3.05, 3.63) is 77.6 Å². The lowest BCUT2D eigenvalue weighted by molar-refractivity contribution is -0.129. The first kappa shape index (κ1) is 19.2. The molecule has 0 saturated carbocycles. The Morgan fingerprint density at radius 1 is 1.11 bits per heavy atom. The number of amides is 1. The van der Waals surface area contributed by atoms with Crippen LogP contribution in [0.1, 0.15) is 16.1 Å². The van der Waals surface area contributed by atoms with Crippen molar-refractivity contribution >= 4 is 28.3 Å². The normalized spacial score (nSPS) is 10.6. The SMILES string of the molecule is COc1ccccc1C/C=C/C(=O)Oc1cccnc1C(=O)Nc1nccs1. The van der Waals surface area contributed by atoms with Gasteiger partial charge in [0.15, 0.2) is 16.6 Å². The second kappa shape index (κ2) is 9.43. The van der Waals surface area contributed by atoms with E-state index < -0.39 is 11.9 Å². The van der Waals surface area contributed by atoms with Gasteiger partial charge in [-0.1, -0.05) is 24.3 Å². The standard InChI is InChI=1S/C20H17N3O4S/c1-26-15-8-3-2-6-14(15)7-4-10-17(24)27-16-9-5-11-21-18(16)19(25)23-20-22-12-13-28-20/h2-6,8-13H,7H2,1H3,(H,22,23,25)/b10-4+. The number of nitrogens with zero attached hydrogens (tertiary/aromatic N) is 2. The van der Waals surface area contributed by atoms with Gasteiger partial charge < -0.3 is 9.47 Å². The number of hydrogen-bond acceptors (Lipinski definition) is 7. The van der Waals surface area contributed by atoms with E-state index in [0.717, 1.165) is 11.3 Å². The van der Waals surface area contributed by atoms with Crippen LogP contribution in [-0.4, -0.2) is 29.0 Å². The maximum absolute atomic E-state index is 12.4. The van der Waals surface area contributed by atoms with E-state index >= 15 is 0 Å². The predicted octanol–water partition coefficient (Wildman–Crippen LogP) is 3.50. The quantitative estimate of drug-likeness (QED) is 0.486. The van der Waals surface area contributed by atoms with Crippen LogP contribution in [0, 0.1) is 0 Å². The second-order valence-electron chi connectivity index (χ2n) is 5.48. The summed E-state index contributed by atoms with van der Waals surface area (Å²) < 4.78 is 10.6. The van der Waals surface area contributed by atoms with Crippen LogP contribution in [0.25, 0.3) is 0 Å². The van der Waals surface area contributed by atoms with Crippen LogP contribution in [0.5, 0.6) is 11.5 Å². The van der Waals surface area contributed by atoms with E-state index in [-0.39, 0.29) is 11.4 Å². The van der Waals surface area contributed by atoms with E-state index in [4.69, 9.17) is 9.47 Å². The number of ether oxygens (including phenoxy) is 2. The molecule has 0 aliphatic rings. The van der Waals surface area contributed by atoms with E-state index in [9.17, 15) is 9.59 Å². The number of thiazole rings is 1. The Balaban J connectivity index is 1.65. The number of esters is 1. The Morgan fingerprint density at radius 3 is 2.71 bits per heavy atom. The maximum Gasteiger partial charge on any atom is 0.335 e. The predicted molar refractivity (Wildman–Crippen MR) is 106 cm³/mol. The molecule has 142 valence electrons. The topological polar surface area (TPSA) is 90.4 Å². The number of hydrogen-bond donors (Lipinski definition) is 1. The number of carbonyl (C=O) groups is 2. The number of aromatic nitrogens is 2. The molecule has 0 spiro atoms. The number of pyridine rings is 1. The summed E-state index contributed by atoms with van der Waals surface area (Å²) in [5, 5.41) is 4.78. The minimum absolute atomic E-state index is 0.00387. The molecule has 28 heavy (non-hydrogen) atoms. The van der Waals surface area contributed by atoms with Crippen molar-refractivity contribution in [3.8, 4) is 11.5 Å². The van der Waals surface area contributed by atoms with Crippen LogP contribution in [0.15, 0.2) is 66.3 Å². The fourth-order valence-electron chi connectivity index (χ4n) is 2.38. The van der Waals surface area contributed by atoms with E-state index in [0.29, 0.717) is 11.6 Å². The van der Waals surface area contributed by atoms with Crippen LogP contribution in [0.3, 0.4) is 0 Å². The molecule has 0 saturated heterocycles. The summed E-state index contributed by atoms with van der Waals surface area (Å²) in [6.07, 6.45) is 6.51. The molecule has 3 aromatic rings. The fraction of sp³-hybridized carbons (Fsp3) is 0.100. The minimum atomic E-state index is -0.605. The number of para-hydroxylation sites is 1. The summed E-state index contributed by atoms with van der Waals surface area (Å²) in [5.74, 6) is -0.292. The van der Waals surface area contributed by atoms with Gasteiger partial charge in [-0.25, -0.2) is 14.8 Å². The van der Waals surface area contributed by atoms with Gasteiger partial charge >= 0.3 is 5.97 Å². The van der Waals surface area contributed by atoms with Crippen LogP contribution < -0.4 is 14.8 Å². The van der Waals surface area contributed by atoms with Crippen LogP contribution in [-0.2, 0) is 11.2 Å². The molecule has 0 aliphatic carbocycles. The number of carbonyl (C=O) groups excluding carboxylic acids is 2. The smallest absolute Gasteiger partial charge is 0.335 e. The summed E-state index contributed by atoms with van der Waals surface area (Å²) in [6.45, 7) is 0. The van der Waals surface area contributed by atoms with Crippen molar-refractivity contribution in [2.24, 2.45) is 0 Å². The lowest BCUT2D eigenvalue weighted by atomic mass is 10.1. The van der Waals surface area contributed by atoms with Gasteiger partial charge in [-0.15, -0.1) is 11.3 Å². The molecule has 2 heterocycles. The van der Waals surface area contributed by atoms with Crippen LogP contribution in [0.2, 0.25) is 0 Å². The monoisotopic (exact) mass is 395 g/mol. The summed E-state index contributed by atoms with van der Waals surface area (Å²) >= 11 is 1.28. The zero-order chi connectivity index (χ0) is 19.8. The molecule has 1 N–H and O–H groups in total. The number of methoxy groups -OCH3 is 1. The first-order valence-electron chi connectivity index (χ1n) is 8.33. The van der Waals surface area contributed by atoms with Crippen molar-refractivity contribution < 1.29 is 19.1 Å². The molecule has 0 radical (unpaired) electrons. The highest BCUT2D eigenvalue weighted by Gasteiger charge is 2.16. The highest BCUT2D eigenvalue weighted by Crippen LogP contribution is 2.20. The first-order chi connectivity index (χ1) is 13.7. The largest absolute Gasteiger partial charge is 0.496 e. The van der Waals surface area contributed by atoms with Crippen molar-refractivity contribution in [1.29, 1.82) is 0 Å². The highest BCUT2D eigenvalue weighted by atomic mass is 32.1. The highest BCUT2D eigenvalue weighted by molar-refractivity contribution is 7.13. The Morgan fingerprint density at radius 2 is 1.93 bits per heavy atom. The molecule has 0 atom stereocenters. The number of rotatable bonds is 7. The van der Waals surface area contributed by atoms with Gasteiger partial charge in [-0.2, -0.15) is 0 Å². The van der Waals surface area contributed by atoms with Gasteiger partial charge in [-0.3, -0.25) is 10.1 Å². The Kier molecular flexibility index (Phi) is 6.48. The van der Waals surface area contributed by atoms with Gasteiger partial charge in [0, 0.05) is 23.8 Å². The molecule has 1 amide bonds. The third-order valence-electron chi connectivity index (χ3n) is 3.63. The molecule has 0 fully saturated rings. The minimum Gasteiger partial charge on any atom is -0.496 e. The second-order valence-corrected chi connectivity index (χ2v) is 6.38. The van der Waals surface area contributed by atoms with Gasteiger partial charge in [0.05, 0.1) is 7.11 Å². The van der Waals surface area contributed by atoms with Crippen LogP contribution >= 0.6 is 11.3 Å². The molecule has 0 aliphatic heterocycles. The third kappa shape index (κ3) is 5.01. The number of anilines is 1. The fourth-order valence-corrected chi connectivity index (χ4v) is 2.90. The number of nitrogens with one attached hydrogen (secondary N) is 1. The summed E-state index contributed by atoms with van der Waals surface area (Å²) in [6, 6.07) is 10.6. The molecule has 0 bridgehead atoms. The summed E-state index contributed by atoms with van der Waals surface area (Å²) in [5.41, 5.74) is 0.947. The average Bonchev–Trinajstić information content (AvgIpc) is 3.21. The Bertz CT molecular complexity index is 987. The van der Waals surface area contributed by atoms with Crippen molar-refractivity contribution in [2.45, 2.75) is 6.42 Å². The molecule has 1 aromatic carbocycles. The zero-order valence-electron chi connectivity index (χ0n) is 15.0. The Labute approximate surface area is 165 Å². The van der Waals surface area contributed by atoms with E-state index in [1.807, 2.05) is 24.3 Å². The van der Waals surface area contributed by atoms with Gasteiger partial charge in [0.2, 0.25) is 0 Å². The van der Waals surface area contributed by atoms with Crippen molar-refractivity contribution in [1.82, 2.24) is 9.97 Å². The summed E-state index contributed by atoms with van der Waals surface area (Å²) in [4.78, 5) is 32.5. The maximum atomic E-state index is 12.4. The molecular weight excluding hydrogens is 378 g/mol. The lowest BCUT2D eigenvalue weighted by Crippen LogP contribution is -2.16. The molecule has 3 rings (SSSR count). The van der Waals surface area contributed by atoms with Gasteiger partial charge in [-0.05, 0) is 30.2 Å². The Hall–Kier alpha value is -3.52. The number of allylic oxidation sites excluding steroid dienone is 1. The van der Waals surface area contributed by atoms with Crippen molar-refractivity contribution in [3.63, 3.8) is 0 Å².